The van der Waals surface area contributed by atoms with Crippen molar-refractivity contribution in [1.29, 1.82) is 0 Å². The Morgan fingerprint density at radius 2 is 1.95 bits per heavy atom. The van der Waals surface area contributed by atoms with E-state index in [1.54, 1.807) is 17.0 Å². The van der Waals surface area contributed by atoms with Gasteiger partial charge in [0.05, 0.1) is 4.90 Å². The van der Waals surface area contributed by atoms with Crippen LogP contribution in [0.15, 0.2) is 28.5 Å². The van der Waals surface area contributed by atoms with Gasteiger partial charge < -0.3 is 9.64 Å². The predicted molar refractivity (Wildman–Crippen MR) is 76.1 cm³/mol. The molecule has 2 rings (SSSR count). The fourth-order valence-corrected chi connectivity index (χ4v) is 3.31. The summed E-state index contributed by atoms with van der Waals surface area (Å²) in [4.78, 5) is 13.8. The molecular weight excluding hydrogens is 278 g/mol. The standard InChI is InChI=1S/C14H17NO4S/c1-3-15(4-2)14(16)10-19-12-6-5-7-13-11(12)8-9-20(13,17)18/h5-9H,3-4,10H2,1-2H3. The van der Waals surface area contributed by atoms with E-state index in [-0.39, 0.29) is 17.4 Å². The summed E-state index contributed by atoms with van der Waals surface area (Å²) >= 11 is 0. The van der Waals surface area contributed by atoms with E-state index in [4.69, 9.17) is 4.74 Å². The fourth-order valence-electron chi connectivity index (χ4n) is 2.10. The van der Waals surface area contributed by atoms with Gasteiger partial charge in [0.25, 0.3) is 5.91 Å². The van der Waals surface area contributed by atoms with Crippen LogP contribution in [0.5, 0.6) is 5.75 Å². The van der Waals surface area contributed by atoms with Gasteiger partial charge in [-0.2, -0.15) is 0 Å². The van der Waals surface area contributed by atoms with Crippen molar-refractivity contribution >= 4 is 21.8 Å². The normalized spacial score (nSPS) is 14.9. The summed E-state index contributed by atoms with van der Waals surface area (Å²) in [6.45, 7) is 4.96. The van der Waals surface area contributed by atoms with Gasteiger partial charge in [-0.15, -0.1) is 0 Å². The van der Waals surface area contributed by atoms with Crippen LogP contribution in [0.2, 0.25) is 0 Å². The van der Waals surface area contributed by atoms with Gasteiger partial charge in [-0.3, -0.25) is 4.79 Å². The molecule has 0 saturated heterocycles. The van der Waals surface area contributed by atoms with Crippen molar-refractivity contribution < 1.29 is 17.9 Å². The number of carbonyl (C=O) groups excluding carboxylic acids is 1. The molecule has 0 bridgehead atoms. The highest BCUT2D eigenvalue weighted by Crippen LogP contribution is 2.33. The van der Waals surface area contributed by atoms with E-state index in [1.165, 1.54) is 12.1 Å². The second-order valence-electron chi connectivity index (χ2n) is 4.37. The van der Waals surface area contributed by atoms with Crippen molar-refractivity contribution in [2.24, 2.45) is 0 Å². The summed E-state index contributed by atoms with van der Waals surface area (Å²) in [5.41, 5.74) is 0.514. The van der Waals surface area contributed by atoms with E-state index in [1.807, 2.05) is 13.8 Å². The third-order valence-electron chi connectivity index (χ3n) is 3.21. The Hall–Kier alpha value is -1.82. The van der Waals surface area contributed by atoms with Crippen LogP contribution in [-0.4, -0.2) is 38.9 Å². The number of ether oxygens (including phenoxy) is 1. The summed E-state index contributed by atoms with van der Waals surface area (Å²) in [5.74, 6) is 0.303. The van der Waals surface area contributed by atoms with Crippen LogP contribution < -0.4 is 4.74 Å². The van der Waals surface area contributed by atoms with Crippen LogP contribution in [0.4, 0.5) is 0 Å². The van der Waals surface area contributed by atoms with Crippen LogP contribution in [0.3, 0.4) is 0 Å². The van der Waals surface area contributed by atoms with Crippen molar-refractivity contribution in [3.8, 4) is 5.75 Å². The molecule has 0 spiro atoms. The molecule has 1 aliphatic rings. The molecule has 0 atom stereocenters. The number of carbonyl (C=O) groups is 1. The molecule has 0 aromatic heterocycles. The van der Waals surface area contributed by atoms with Gasteiger partial charge in [0.2, 0.25) is 9.84 Å². The van der Waals surface area contributed by atoms with Crippen molar-refractivity contribution in [2.45, 2.75) is 18.7 Å². The smallest absolute Gasteiger partial charge is 0.260 e. The van der Waals surface area contributed by atoms with Crippen molar-refractivity contribution in [1.82, 2.24) is 4.90 Å². The summed E-state index contributed by atoms with van der Waals surface area (Å²) in [5, 5.41) is 1.15. The van der Waals surface area contributed by atoms with Crippen LogP contribution in [0.1, 0.15) is 19.4 Å². The van der Waals surface area contributed by atoms with E-state index in [9.17, 15) is 13.2 Å². The number of nitrogens with zero attached hydrogens (tertiary/aromatic N) is 1. The number of fused-ring (bicyclic) bond motifs is 1. The van der Waals surface area contributed by atoms with Gasteiger partial charge in [-0.25, -0.2) is 8.42 Å². The Morgan fingerprint density at radius 3 is 2.60 bits per heavy atom. The third kappa shape index (κ3) is 2.70. The SMILES string of the molecule is CCN(CC)C(=O)COc1cccc2c1C=CS2(=O)=O. The minimum absolute atomic E-state index is 0.0912. The van der Waals surface area contributed by atoms with Crippen molar-refractivity contribution in [2.75, 3.05) is 19.7 Å². The molecule has 0 fully saturated rings. The molecule has 1 aromatic carbocycles. The topological polar surface area (TPSA) is 63.7 Å². The molecular formula is C14H17NO4S. The molecule has 5 nitrogen and oxygen atoms in total. The maximum Gasteiger partial charge on any atom is 0.260 e. The Balaban J connectivity index is 2.15. The molecule has 0 aliphatic carbocycles. The van der Waals surface area contributed by atoms with Gasteiger partial charge in [0, 0.05) is 24.1 Å². The zero-order valence-corrected chi connectivity index (χ0v) is 12.3. The molecule has 108 valence electrons. The lowest BCUT2D eigenvalue weighted by atomic mass is 10.2. The number of likely N-dealkylation sites (N-methyl/N-ethyl adjacent to an activating group) is 1. The minimum Gasteiger partial charge on any atom is -0.483 e. The summed E-state index contributed by atoms with van der Waals surface area (Å²) in [6, 6.07) is 4.81. The summed E-state index contributed by atoms with van der Waals surface area (Å²) in [6.07, 6.45) is 1.50. The van der Waals surface area contributed by atoms with Crippen LogP contribution in [0, 0.1) is 0 Å². The van der Waals surface area contributed by atoms with E-state index >= 15 is 0 Å². The predicted octanol–water partition coefficient (Wildman–Crippen LogP) is 1.69. The second-order valence-corrected chi connectivity index (χ2v) is 6.17. The Kier molecular flexibility index (Phi) is 4.13. The second kappa shape index (κ2) is 5.66. The average molecular weight is 295 g/mol. The molecule has 1 aliphatic heterocycles. The van der Waals surface area contributed by atoms with E-state index in [0.717, 1.165) is 5.41 Å². The number of hydrogen-bond acceptors (Lipinski definition) is 4. The minimum atomic E-state index is -3.35. The van der Waals surface area contributed by atoms with Gasteiger partial charge in [0.15, 0.2) is 6.61 Å². The van der Waals surface area contributed by atoms with E-state index in [0.29, 0.717) is 24.4 Å². The van der Waals surface area contributed by atoms with Gasteiger partial charge in [0.1, 0.15) is 5.75 Å². The molecule has 0 unspecified atom stereocenters. The largest absolute Gasteiger partial charge is 0.483 e. The number of rotatable bonds is 5. The summed E-state index contributed by atoms with van der Waals surface area (Å²) in [7, 11) is -3.35. The maximum absolute atomic E-state index is 11.9. The first kappa shape index (κ1) is 14.6. The van der Waals surface area contributed by atoms with Gasteiger partial charge in [-0.1, -0.05) is 6.07 Å². The Labute approximate surface area is 118 Å². The highest BCUT2D eigenvalue weighted by atomic mass is 32.2. The number of amides is 1. The van der Waals surface area contributed by atoms with Crippen molar-refractivity contribution in [3.05, 3.63) is 29.2 Å². The molecule has 0 saturated carbocycles. The molecule has 20 heavy (non-hydrogen) atoms. The third-order valence-corrected chi connectivity index (χ3v) is 4.68. The average Bonchev–Trinajstić information content (AvgIpc) is 2.74. The zero-order chi connectivity index (χ0) is 14.8. The van der Waals surface area contributed by atoms with E-state index in [2.05, 4.69) is 0 Å². The first-order valence-corrected chi connectivity index (χ1v) is 8.01. The van der Waals surface area contributed by atoms with Gasteiger partial charge >= 0.3 is 0 Å². The van der Waals surface area contributed by atoms with Crippen molar-refractivity contribution in [3.63, 3.8) is 0 Å². The van der Waals surface area contributed by atoms with Crippen LogP contribution in [0.25, 0.3) is 6.08 Å². The van der Waals surface area contributed by atoms with Gasteiger partial charge in [-0.05, 0) is 32.1 Å². The Morgan fingerprint density at radius 1 is 1.25 bits per heavy atom. The van der Waals surface area contributed by atoms with E-state index < -0.39 is 9.84 Å². The van der Waals surface area contributed by atoms with Crippen LogP contribution >= 0.6 is 0 Å². The van der Waals surface area contributed by atoms with Crippen LogP contribution in [-0.2, 0) is 14.6 Å². The Bertz CT molecular complexity index is 645. The zero-order valence-electron chi connectivity index (χ0n) is 11.5. The molecule has 1 amide bonds. The number of sulfone groups is 1. The monoisotopic (exact) mass is 295 g/mol. The quantitative estimate of drug-likeness (QED) is 0.829. The lowest BCUT2D eigenvalue weighted by Crippen LogP contribution is -2.34. The molecule has 1 heterocycles. The highest BCUT2D eigenvalue weighted by molar-refractivity contribution is 7.94. The highest BCUT2D eigenvalue weighted by Gasteiger charge is 2.23. The molecule has 1 aromatic rings. The lowest BCUT2D eigenvalue weighted by molar-refractivity contribution is -0.132. The number of benzene rings is 1. The molecule has 0 N–H and O–H groups in total. The number of hydrogen-bond donors (Lipinski definition) is 0. The summed E-state index contributed by atoms with van der Waals surface area (Å²) < 4.78 is 28.9. The first-order chi connectivity index (χ1) is 9.49. The fraction of sp³-hybridized carbons (Fsp3) is 0.357. The maximum atomic E-state index is 11.9. The molecule has 6 heteroatoms. The first-order valence-electron chi connectivity index (χ1n) is 6.46. The lowest BCUT2D eigenvalue weighted by Gasteiger charge is -2.19. The molecule has 0 radical (unpaired) electrons.